The standard InChI is InChI=1S/C16H26N2OS/c1-5-12(6-2)9-18-15(13-7-8-20-10-13)17-14(11(3)4)16(18)19/h7-8,10-12,14-15,17H,5-6,9H2,1-4H3. The SMILES string of the molecule is CCC(CC)CN1C(=O)C(C(C)C)NC1c1ccsc1. The molecule has 1 aromatic heterocycles. The molecule has 20 heavy (non-hydrogen) atoms. The molecule has 0 bridgehead atoms. The van der Waals surface area contributed by atoms with Crippen molar-refractivity contribution in [2.45, 2.75) is 52.7 Å². The van der Waals surface area contributed by atoms with Crippen LogP contribution in [0.1, 0.15) is 52.3 Å². The topological polar surface area (TPSA) is 32.3 Å². The van der Waals surface area contributed by atoms with E-state index >= 15 is 0 Å². The van der Waals surface area contributed by atoms with Crippen molar-refractivity contribution < 1.29 is 4.79 Å². The van der Waals surface area contributed by atoms with Gasteiger partial charge < -0.3 is 4.90 Å². The Balaban J connectivity index is 2.21. The van der Waals surface area contributed by atoms with E-state index in [1.807, 2.05) is 0 Å². The molecular formula is C16H26N2OS. The van der Waals surface area contributed by atoms with E-state index in [1.165, 1.54) is 5.56 Å². The summed E-state index contributed by atoms with van der Waals surface area (Å²) in [5.41, 5.74) is 1.22. The molecule has 0 spiro atoms. The molecule has 1 fully saturated rings. The van der Waals surface area contributed by atoms with Gasteiger partial charge >= 0.3 is 0 Å². The molecule has 4 heteroatoms. The van der Waals surface area contributed by atoms with E-state index in [0.29, 0.717) is 11.8 Å². The van der Waals surface area contributed by atoms with E-state index in [4.69, 9.17) is 0 Å². The summed E-state index contributed by atoms with van der Waals surface area (Å²) in [6.45, 7) is 9.51. The van der Waals surface area contributed by atoms with Crippen LogP contribution in [-0.2, 0) is 4.79 Å². The van der Waals surface area contributed by atoms with Crippen molar-refractivity contribution in [1.82, 2.24) is 10.2 Å². The quantitative estimate of drug-likeness (QED) is 0.869. The number of nitrogens with one attached hydrogen (secondary N) is 1. The second-order valence-corrected chi connectivity index (χ2v) is 6.80. The van der Waals surface area contributed by atoms with Gasteiger partial charge in [0.2, 0.25) is 5.91 Å². The van der Waals surface area contributed by atoms with Gasteiger partial charge in [0.15, 0.2) is 0 Å². The van der Waals surface area contributed by atoms with Crippen LogP contribution in [0.2, 0.25) is 0 Å². The molecule has 0 aliphatic carbocycles. The Bertz CT molecular complexity index is 426. The summed E-state index contributed by atoms with van der Waals surface area (Å²) in [5.74, 6) is 1.19. The molecule has 112 valence electrons. The van der Waals surface area contributed by atoms with Gasteiger partial charge in [0, 0.05) is 6.54 Å². The first kappa shape index (κ1) is 15.5. The Hall–Kier alpha value is -0.870. The first-order valence-electron chi connectivity index (χ1n) is 7.67. The Labute approximate surface area is 126 Å². The number of carbonyl (C=O) groups is 1. The van der Waals surface area contributed by atoms with Gasteiger partial charge in [-0.25, -0.2) is 0 Å². The van der Waals surface area contributed by atoms with Crippen LogP contribution in [0.3, 0.4) is 0 Å². The highest BCUT2D eigenvalue weighted by Gasteiger charge is 2.41. The monoisotopic (exact) mass is 294 g/mol. The molecule has 2 rings (SSSR count). The number of hydrogen-bond acceptors (Lipinski definition) is 3. The summed E-state index contributed by atoms with van der Waals surface area (Å²) in [4.78, 5) is 14.7. The largest absolute Gasteiger partial charge is 0.321 e. The molecule has 1 aromatic rings. The zero-order valence-corrected chi connectivity index (χ0v) is 13.7. The smallest absolute Gasteiger partial charge is 0.241 e. The van der Waals surface area contributed by atoms with Crippen molar-refractivity contribution in [2.24, 2.45) is 11.8 Å². The minimum Gasteiger partial charge on any atom is -0.321 e. The minimum absolute atomic E-state index is 0.0470. The highest BCUT2D eigenvalue weighted by atomic mass is 32.1. The first-order valence-corrected chi connectivity index (χ1v) is 8.61. The van der Waals surface area contributed by atoms with E-state index in [0.717, 1.165) is 19.4 Å². The molecule has 0 radical (unpaired) electrons. The fourth-order valence-electron chi connectivity index (χ4n) is 2.84. The molecule has 3 nitrogen and oxygen atoms in total. The van der Waals surface area contributed by atoms with Crippen LogP contribution < -0.4 is 5.32 Å². The van der Waals surface area contributed by atoms with Crippen molar-refractivity contribution in [3.8, 4) is 0 Å². The van der Waals surface area contributed by atoms with Gasteiger partial charge in [-0.15, -0.1) is 0 Å². The third kappa shape index (κ3) is 3.07. The molecule has 1 amide bonds. The Morgan fingerprint density at radius 1 is 1.35 bits per heavy atom. The molecule has 2 unspecified atom stereocenters. The van der Waals surface area contributed by atoms with Crippen LogP contribution in [0.15, 0.2) is 16.8 Å². The Kier molecular flexibility index (Phi) is 5.22. The summed E-state index contributed by atoms with van der Waals surface area (Å²) in [7, 11) is 0. The van der Waals surface area contributed by atoms with Crippen LogP contribution >= 0.6 is 11.3 Å². The molecule has 0 saturated carbocycles. The lowest BCUT2D eigenvalue weighted by molar-refractivity contribution is -0.131. The van der Waals surface area contributed by atoms with Crippen molar-refractivity contribution in [2.75, 3.05) is 6.54 Å². The van der Waals surface area contributed by atoms with Gasteiger partial charge in [0.05, 0.1) is 6.04 Å². The maximum absolute atomic E-state index is 12.7. The molecule has 1 aliphatic rings. The van der Waals surface area contributed by atoms with Crippen LogP contribution in [0.4, 0.5) is 0 Å². The molecule has 1 aliphatic heterocycles. The summed E-state index contributed by atoms with van der Waals surface area (Å²) in [6.07, 6.45) is 2.31. The van der Waals surface area contributed by atoms with Gasteiger partial charge in [-0.2, -0.15) is 11.3 Å². The summed E-state index contributed by atoms with van der Waals surface area (Å²) in [6, 6.07) is 2.08. The second kappa shape index (κ2) is 6.72. The van der Waals surface area contributed by atoms with Gasteiger partial charge in [-0.05, 0) is 34.2 Å². The summed E-state index contributed by atoms with van der Waals surface area (Å²) >= 11 is 1.69. The maximum Gasteiger partial charge on any atom is 0.241 e. The van der Waals surface area contributed by atoms with Crippen molar-refractivity contribution in [3.63, 3.8) is 0 Å². The molecular weight excluding hydrogens is 268 g/mol. The zero-order valence-electron chi connectivity index (χ0n) is 12.9. The molecule has 1 saturated heterocycles. The highest BCUT2D eigenvalue weighted by Crippen LogP contribution is 2.30. The molecule has 2 atom stereocenters. The molecule has 0 aromatic carbocycles. The van der Waals surface area contributed by atoms with Crippen LogP contribution in [0.25, 0.3) is 0 Å². The second-order valence-electron chi connectivity index (χ2n) is 6.02. The first-order chi connectivity index (χ1) is 9.58. The maximum atomic E-state index is 12.7. The van der Waals surface area contributed by atoms with Gasteiger partial charge in [0.1, 0.15) is 6.17 Å². The summed E-state index contributed by atoms with van der Waals surface area (Å²) < 4.78 is 0. The minimum atomic E-state index is -0.0470. The predicted octanol–water partition coefficient (Wildman–Crippen LogP) is 3.64. The average Bonchev–Trinajstić information content (AvgIpc) is 3.04. The van der Waals surface area contributed by atoms with Crippen molar-refractivity contribution in [3.05, 3.63) is 22.4 Å². The number of amides is 1. The lowest BCUT2D eigenvalue weighted by Gasteiger charge is -2.27. The fraction of sp³-hybridized carbons (Fsp3) is 0.688. The lowest BCUT2D eigenvalue weighted by atomic mass is 10.0. The zero-order chi connectivity index (χ0) is 14.7. The fourth-order valence-corrected chi connectivity index (χ4v) is 3.52. The highest BCUT2D eigenvalue weighted by molar-refractivity contribution is 7.07. The van der Waals surface area contributed by atoms with Crippen LogP contribution in [-0.4, -0.2) is 23.4 Å². The lowest BCUT2D eigenvalue weighted by Crippen LogP contribution is -2.36. The van der Waals surface area contributed by atoms with Gasteiger partial charge in [-0.3, -0.25) is 10.1 Å². The Morgan fingerprint density at radius 2 is 2.05 bits per heavy atom. The number of thiophene rings is 1. The summed E-state index contributed by atoms with van der Waals surface area (Å²) in [5, 5.41) is 7.76. The van der Waals surface area contributed by atoms with E-state index in [2.05, 4.69) is 54.7 Å². The average molecular weight is 294 g/mol. The predicted molar refractivity (Wildman–Crippen MR) is 84.6 cm³/mol. The van der Waals surface area contributed by atoms with Crippen LogP contribution in [0, 0.1) is 11.8 Å². The van der Waals surface area contributed by atoms with E-state index in [-0.39, 0.29) is 18.1 Å². The molecule has 2 heterocycles. The van der Waals surface area contributed by atoms with E-state index in [1.54, 1.807) is 11.3 Å². The number of nitrogens with zero attached hydrogens (tertiary/aromatic N) is 1. The van der Waals surface area contributed by atoms with E-state index in [9.17, 15) is 4.79 Å². The normalized spacial score (nSPS) is 23.3. The number of rotatable bonds is 6. The van der Waals surface area contributed by atoms with Gasteiger partial charge in [-0.1, -0.05) is 40.5 Å². The van der Waals surface area contributed by atoms with Crippen molar-refractivity contribution >= 4 is 17.2 Å². The third-order valence-corrected chi connectivity index (χ3v) is 5.03. The van der Waals surface area contributed by atoms with Gasteiger partial charge in [0.25, 0.3) is 0 Å². The third-order valence-electron chi connectivity index (χ3n) is 4.33. The van der Waals surface area contributed by atoms with E-state index < -0.39 is 0 Å². The van der Waals surface area contributed by atoms with Crippen molar-refractivity contribution in [1.29, 1.82) is 0 Å². The number of carbonyl (C=O) groups excluding carboxylic acids is 1. The molecule has 1 N–H and O–H groups in total. The van der Waals surface area contributed by atoms with Crippen LogP contribution in [0.5, 0.6) is 0 Å². The number of hydrogen-bond donors (Lipinski definition) is 1. The Morgan fingerprint density at radius 3 is 2.55 bits per heavy atom.